The first-order valence-electron chi connectivity index (χ1n) is 11.4. The predicted molar refractivity (Wildman–Crippen MR) is 142 cm³/mol. The maximum absolute atomic E-state index is 10.8. The van der Waals surface area contributed by atoms with Crippen LogP contribution in [0.1, 0.15) is 29.2 Å². The van der Waals surface area contributed by atoms with Gasteiger partial charge in [-0.3, -0.25) is 0 Å². The molecular weight excluding hydrogens is 436 g/mol. The standard InChI is InChI=1S/C30H28N2O3/c1-5-6-21-7-12-23(13-8-21)27-28(24-14-9-22(10-15-24)11-16-26(33)34)32-30(31-27)25-18-19(2)17-20(3)29(25)35-4/h5-18H,1-4H3,(H,31,32)(H,33,34)/b6-5+,16-11+. The summed E-state index contributed by atoms with van der Waals surface area (Å²) in [5, 5.41) is 8.90. The molecule has 0 aliphatic heterocycles. The SMILES string of the molecule is C/C=C/c1ccc(-c2[nH]c(-c3cc(C)cc(C)c3OC)nc2-c2ccc(/C=C/C(=O)O)cc2)cc1. The second-order valence-electron chi connectivity index (χ2n) is 8.39. The minimum atomic E-state index is -0.975. The van der Waals surface area contributed by atoms with E-state index in [1.165, 1.54) is 0 Å². The van der Waals surface area contributed by atoms with Crippen molar-refractivity contribution >= 4 is 18.1 Å². The molecule has 0 unspecified atom stereocenters. The van der Waals surface area contributed by atoms with E-state index in [2.05, 4.69) is 54.4 Å². The molecular formula is C30H28N2O3. The van der Waals surface area contributed by atoms with Crippen LogP contribution < -0.4 is 4.74 Å². The van der Waals surface area contributed by atoms with Crippen LogP contribution in [0.4, 0.5) is 0 Å². The Labute approximate surface area is 205 Å². The molecule has 4 rings (SSSR count). The van der Waals surface area contributed by atoms with Crippen LogP contribution in [0.25, 0.3) is 46.1 Å². The maximum atomic E-state index is 10.8. The van der Waals surface area contributed by atoms with Gasteiger partial charge in [-0.15, -0.1) is 0 Å². The van der Waals surface area contributed by atoms with Crippen LogP contribution in [0, 0.1) is 13.8 Å². The van der Waals surface area contributed by atoms with Gasteiger partial charge in [0.1, 0.15) is 11.6 Å². The number of imidazole rings is 1. The second-order valence-corrected chi connectivity index (χ2v) is 8.39. The van der Waals surface area contributed by atoms with Gasteiger partial charge < -0.3 is 14.8 Å². The van der Waals surface area contributed by atoms with Crippen molar-refractivity contribution in [3.63, 3.8) is 0 Å². The van der Waals surface area contributed by atoms with E-state index in [1.54, 1.807) is 13.2 Å². The van der Waals surface area contributed by atoms with E-state index in [4.69, 9.17) is 14.8 Å². The molecule has 0 bridgehead atoms. The Morgan fingerprint density at radius 3 is 2.17 bits per heavy atom. The van der Waals surface area contributed by atoms with E-state index in [-0.39, 0.29) is 0 Å². The normalized spacial score (nSPS) is 11.4. The van der Waals surface area contributed by atoms with Crippen LogP contribution in [0.5, 0.6) is 5.75 Å². The van der Waals surface area contributed by atoms with Crippen LogP contribution in [0.2, 0.25) is 0 Å². The molecule has 176 valence electrons. The highest BCUT2D eigenvalue weighted by atomic mass is 16.5. The summed E-state index contributed by atoms with van der Waals surface area (Å²) in [5.41, 5.74) is 8.68. The average Bonchev–Trinajstić information content (AvgIpc) is 3.29. The zero-order chi connectivity index (χ0) is 24.9. The zero-order valence-corrected chi connectivity index (χ0v) is 20.3. The Kier molecular flexibility index (Phi) is 6.97. The molecule has 2 N–H and O–H groups in total. The van der Waals surface area contributed by atoms with Gasteiger partial charge in [-0.1, -0.05) is 66.7 Å². The van der Waals surface area contributed by atoms with E-state index in [0.717, 1.165) is 68.0 Å². The van der Waals surface area contributed by atoms with Crippen molar-refractivity contribution in [2.75, 3.05) is 7.11 Å². The van der Waals surface area contributed by atoms with E-state index in [9.17, 15) is 4.79 Å². The number of aliphatic carboxylic acids is 1. The second kappa shape index (κ2) is 10.3. The highest BCUT2D eigenvalue weighted by Crippen LogP contribution is 2.38. The van der Waals surface area contributed by atoms with Gasteiger partial charge in [0.05, 0.1) is 24.1 Å². The molecule has 1 heterocycles. The van der Waals surface area contributed by atoms with Gasteiger partial charge >= 0.3 is 5.97 Å². The van der Waals surface area contributed by atoms with Crippen molar-refractivity contribution in [2.24, 2.45) is 0 Å². The first-order chi connectivity index (χ1) is 16.9. The Hall–Kier alpha value is -4.38. The number of methoxy groups -OCH3 is 1. The molecule has 3 aromatic carbocycles. The van der Waals surface area contributed by atoms with Gasteiger partial charge in [0.25, 0.3) is 0 Å². The molecule has 0 spiro atoms. The van der Waals surface area contributed by atoms with Gasteiger partial charge in [0, 0.05) is 17.2 Å². The summed E-state index contributed by atoms with van der Waals surface area (Å²) in [5.74, 6) is 0.545. The van der Waals surface area contributed by atoms with Crippen molar-refractivity contribution in [1.29, 1.82) is 0 Å². The lowest BCUT2D eigenvalue weighted by Crippen LogP contribution is -1.94. The van der Waals surface area contributed by atoms with Crippen molar-refractivity contribution in [3.05, 3.63) is 95.1 Å². The fourth-order valence-electron chi connectivity index (χ4n) is 4.19. The molecule has 0 saturated heterocycles. The van der Waals surface area contributed by atoms with Crippen molar-refractivity contribution in [3.8, 4) is 39.7 Å². The van der Waals surface area contributed by atoms with E-state index in [0.29, 0.717) is 0 Å². The molecule has 5 heteroatoms. The molecule has 0 aliphatic rings. The molecule has 35 heavy (non-hydrogen) atoms. The molecule has 0 atom stereocenters. The number of carboxylic acids is 1. The van der Waals surface area contributed by atoms with Gasteiger partial charge in [0.15, 0.2) is 0 Å². The summed E-state index contributed by atoms with van der Waals surface area (Å²) in [6, 6.07) is 20.2. The third-order valence-electron chi connectivity index (χ3n) is 5.74. The van der Waals surface area contributed by atoms with Crippen molar-refractivity contribution in [1.82, 2.24) is 9.97 Å². The summed E-state index contributed by atoms with van der Waals surface area (Å²) >= 11 is 0. The number of aryl methyl sites for hydroxylation is 2. The number of benzene rings is 3. The van der Waals surface area contributed by atoms with Gasteiger partial charge in [-0.25, -0.2) is 9.78 Å². The number of hydrogen-bond donors (Lipinski definition) is 2. The summed E-state index contributed by atoms with van der Waals surface area (Å²) in [6.07, 6.45) is 6.78. The number of hydrogen-bond acceptors (Lipinski definition) is 3. The number of aromatic amines is 1. The van der Waals surface area contributed by atoms with Gasteiger partial charge in [0.2, 0.25) is 0 Å². The van der Waals surface area contributed by atoms with Crippen LogP contribution >= 0.6 is 0 Å². The minimum absolute atomic E-state index is 0.728. The summed E-state index contributed by atoms with van der Waals surface area (Å²) in [7, 11) is 1.68. The molecule has 0 fully saturated rings. The molecule has 5 nitrogen and oxygen atoms in total. The number of carboxylic acid groups (broad SMARTS) is 1. The average molecular weight is 465 g/mol. The number of ether oxygens (including phenoxy) is 1. The number of nitrogens with zero attached hydrogens (tertiary/aromatic N) is 1. The fourth-order valence-corrected chi connectivity index (χ4v) is 4.19. The Balaban J connectivity index is 1.87. The molecule has 1 aromatic heterocycles. The zero-order valence-electron chi connectivity index (χ0n) is 20.3. The molecule has 4 aromatic rings. The lowest BCUT2D eigenvalue weighted by atomic mass is 10.0. The number of carbonyl (C=O) groups is 1. The fraction of sp³-hybridized carbons (Fsp3) is 0.133. The van der Waals surface area contributed by atoms with Crippen LogP contribution in [-0.2, 0) is 4.79 Å². The van der Waals surface area contributed by atoms with E-state index < -0.39 is 5.97 Å². The van der Waals surface area contributed by atoms with Gasteiger partial charge in [-0.2, -0.15) is 0 Å². The maximum Gasteiger partial charge on any atom is 0.328 e. The third-order valence-corrected chi connectivity index (χ3v) is 5.74. The summed E-state index contributed by atoms with van der Waals surface area (Å²) in [6.45, 7) is 6.09. The van der Waals surface area contributed by atoms with Crippen molar-refractivity contribution < 1.29 is 14.6 Å². The minimum Gasteiger partial charge on any atom is -0.496 e. The number of aromatic nitrogens is 2. The molecule has 0 saturated carbocycles. The summed E-state index contributed by atoms with van der Waals surface area (Å²) < 4.78 is 5.73. The highest BCUT2D eigenvalue weighted by Gasteiger charge is 2.19. The first kappa shape index (κ1) is 23.8. The number of allylic oxidation sites excluding steroid dienone is 1. The molecule has 0 amide bonds. The monoisotopic (exact) mass is 464 g/mol. The predicted octanol–water partition coefficient (Wildman–Crippen LogP) is 7.17. The number of nitrogens with one attached hydrogen (secondary N) is 1. The van der Waals surface area contributed by atoms with Crippen LogP contribution in [0.15, 0.2) is 72.8 Å². The quantitative estimate of drug-likeness (QED) is 0.284. The van der Waals surface area contributed by atoms with E-state index in [1.807, 2.05) is 44.2 Å². The number of H-pyrrole nitrogens is 1. The topological polar surface area (TPSA) is 75.2 Å². The Morgan fingerprint density at radius 2 is 1.57 bits per heavy atom. The number of rotatable bonds is 7. The van der Waals surface area contributed by atoms with E-state index >= 15 is 0 Å². The highest BCUT2D eigenvalue weighted by molar-refractivity contribution is 5.86. The Morgan fingerprint density at radius 1 is 0.943 bits per heavy atom. The third kappa shape index (κ3) is 5.25. The molecule has 0 radical (unpaired) electrons. The van der Waals surface area contributed by atoms with Crippen LogP contribution in [-0.4, -0.2) is 28.2 Å². The van der Waals surface area contributed by atoms with Crippen LogP contribution in [0.3, 0.4) is 0 Å². The first-order valence-corrected chi connectivity index (χ1v) is 11.4. The smallest absolute Gasteiger partial charge is 0.328 e. The lowest BCUT2D eigenvalue weighted by molar-refractivity contribution is -0.131. The molecule has 0 aliphatic carbocycles. The van der Waals surface area contributed by atoms with Gasteiger partial charge in [-0.05, 0) is 55.2 Å². The van der Waals surface area contributed by atoms with Crippen molar-refractivity contribution in [2.45, 2.75) is 20.8 Å². The lowest BCUT2D eigenvalue weighted by Gasteiger charge is -2.11. The Bertz CT molecular complexity index is 1410. The summed E-state index contributed by atoms with van der Waals surface area (Å²) in [4.78, 5) is 19.4. The largest absolute Gasteiger partial charge is 0.496 e.